The molecule has 9 rings (SSSR count). The van der Waals surface area contributed by atoms with Crippen LogP contribution in [0.1, 0.15) is 57.5 Å². The number of tetrazole rings is 1. The van der Waals surface area contributed by atoms with Gasteiger partial charge in [0.2, 0.25) is 5.82 Å². The van der Waals surface area contributed by atoms with Gasteiger partial charge in [-0.15, -0.1) is 10.2 Å². The molecule has 2 aliphatic carbocycles. The first-order chi connectivity index (χ1) is 30.2. The number of ether oxygens (including phenoxy) is 2. The number of hydrogen-bond donors (Lipinski definition) is 1. The van der Waals surface area contributed by atoms with Crippen molar-refractivity contribution in [2.24, 2.45) is 47.3 Å². The van der Waals surface area contributed by atoms with E-state index in [9.17, 15) is 32.4 Å². The number of H-pyrrole nitrogens is 1. The summed E-state index contributed by atoms with van der Waals surface area (Å²) < 4.78 is 68.9. The maximum absolute atomic E-state index is 14.6. The average Bonchev–Trinajstić information content (AvgIpc) is 3.98. The van der Waals surface area contributed by atoms with E-state index >= 15 is 0 Å². The SMILES string of the molecule is C[C@H]1OC(=O)[C@@H]2CC(F)(F)[C@@H](C)[C@H](/C=C/c3ccc(-c4ccccc4-c4nn[nH]n4)cn3)[C@H]12.C[C@H]1OC(=O)[C@@H]2CC(F)(F)[C@@H](C)[C@H](/C=C/c3ccc(-c4ccccc4C#N)cn3)[C@H]12. The topological polar surface area (TPSA) is 157 Å². The number of rotatable bonds is 7. The first-order valence-corrected chi connectivity index (χ1v) is 20.9. The Labute approximate surface area is 361 Å². The predicted octanol–water partition coefficient (Wildman–Crippen LogP) is 9.51. The summed E-state index contributed by atoms with van der Waals surface area (Å²) in [6.07, 6.45) is 8.74. The summed E-state index contributed by atoms with van der Waals surface area (Å²) in [4.78, 5) is 33.1. The summed E-state index contributed by atoms with van der Waals surface area (Å²) in [7, 11) is 0. The summed E-state index contributed by atoms with van der Waals surface area (Å²) in [5, 5.41) is 23.5. The lowest BCUT2D eigenvalue weighted by atomic mass is 9.64. The van der Waals surface area contributed by atoms with Crippen molar-refractivity contribution in [3.05, 3.63) is 114 Å². The molecule has 324 valence electrons. The van der Waals surface area contributed by atoms with Crippen molar-refractivity contribution in [2.45, 2.75) is 64.6 Å². The second-order valence-electron chi connectivity index (χ2n) is 16.9. The molecule has 1 N–H and O–H groups in total. The molecule has 5 heterocycles. The second-order valence-corrected chi connectivity index (χ2v) is 16.9. The first-order valence-electron chi connectivity index (χ1n) is 20.9. The van der Waals surface area contributed by atoms with Crippen molar-refractivity contribution in [1.29, 1.82) is 5.26 Å². The molecule has 4 fully saturated rings. The first kappa shape index (κ1) is 43.1. The summed E-state index contributed by atoms with van der Waals surface area (Å²) in [5.41, 5.74) is 6.03. The minimum Gasteiger partial charge on any atom is -0.462 e. The fourth-order valence-corrected chi connectivity index (χ4v) is 9.83. The van der Waals surface area contributed by atoms with E-state index in [0.29, 0.717) is 22.8 Å². The van der Waals surface area contributed by atoms with E-state index < -0.39 is 72.1 Å². The van der Waals surface area contributed by atoms with Gasteiger partial charge in [-0.1, -0.05) is 80.6 Å². The molecule has 5 aromatic rings. The van der Waals surface area contributed by atoms with E-state index in [0.717, 1.165) is 27.8 Å². The molecule has 0 bridgehead atoms. The maximum atomic E-state index is 14.6. The highest BCUT2D eigenvalue weighted by Gasteiger charge is 2.60. The molecule has 15 heteroatoms. The second kappa shape index (κ2) is 17.3. The number of carbonyl (C=O) groups excluding carboxylic acids is 2. The van der Waals surface area contributed by atoms with E-state index in [1.54, 1.807) is 75.7 Å². The van der Waals surface area contributed by atoms with Crippen LogP contribution in [0.2, 0.25) is 0 Å². The Morgan fingerprint density at radius 1 is 0.683 bits per heavy atom. The lowest BCUT2D eigenvalue weighted by Crippen LogP contribution is -2.46. The van der Waals surface area contributed by atoms with Gasteiger partial charge in [0, 0.05) is 71.2 Å². The molecule has 63 heavy (non-hydrogen) atoms. The zero-order chi connectivity index (χ0) is 44.6. The zero-order valence-electron chi connectivity index (χ0n) is 34.9. The van der Waals surface area contributed by atoms with E-state index in [4.69, 9.17) is 9.47 Å². The number of carbonyl (C=O) groups is 2. The lowest BCUT2D eigenvalue weighted by Gasteiger charge is -2.41. The van der Waals surface area contributed by atoms with Crippen LogP contribution >= 0.6 is 0 Å². The lowest BCUT2D eigenvalue weighted by molar-refractivity contribution is -0.152. The van der Waals surface area contributed by atoms with Crippen molar-refractivity contribution in [2.75, 3.05) is 0 Å². The van der Waals surface area contributed by atoms with Gasteiger partial charge in [0.25, 0.3) is 11.8 Å². The normalized spacial score (nSPS) is 29.3. The number of nitrogens with zero attached hydrogens (tertiary/aromatic N) is 6. The highest BCUT2D eigenvalue weighted by atomic mass is 19.3. The molecule has 2 saturated heterocycles. The predicted molar refractivity (Wildman–Crippen MR) is 225 cm³/mol. The third-order valence-corrected chi connectivity index (χ3v) is 13.3. The molecule has 2 aromatic carbocycles. The number of nitriles is 1. The van der Waals surface area contributed by atoms with Crippen LogP contribution in [0.25, 0.3) is 45.8 Å². The Balaban J connectivity index is 0.000000174. The van der Waals surface area contributed by atoms with Crippen molar-refractivity contribution >= 4 is 24.1 Å². The number of benzene rings is 2. The van der Waals surface area contributed by atoms with Crippen LogP contribution in [0.4, 0.5) is 17.6 Å². The molecule has 2 saturated carbocycles. The molecular formula is C48H45F4N7O4. The van der Waals surface area contributed by atoms with Crippen LogP contribution in [0.15, 0.2) is 97.3 Å². The summed E-state index contributed by atoms with van der Waals surface area (Å²) in [5.74, 6) is -11.2. The summed E-state index contributed by atoms with van der Waals surface area (Å²) >= 11 is 0. The fraction of sp³-hybridized carbons (Fsp3) is 0.375. The van der Waals surface area contributed by atoms with E-state index in [1.807, 2.05) is 54.6 Å². The number of nitrogens with one attached hydrogen (secondary N) is 1. The van der Waals surface area contributed by atoms with Gasteiger partial charge in [-0.05, 0) is 66.8 Å². The van der Waals surface area contributed by atoms with Crippen LogP contribution in [0.5, 0.6) is 0 Å². The Morgan fingerprint density at radius 2 is 1.16 bits per heavy atom. The molecule has 11 nitrogen and oxygen atoms in total. The maximum Gasteiger partial charge on any atom is 0.309 e. The van der Waals surface area contributed by atoms with Gasteiger partial charge in [0.1, 0.15) is 12.2 Å². The van der Waals surface area contributed by atoms with Crippen LogP contribution in [0.3, 0.4) is 0 Å². The van der Waals surface area contributed by atoms with Gasteiger partial charge >= 0.3 is 11.9 Å². The monoisotopic (exact) mass is 859 g/mol. The minimum absolute atomic E-state index is 0.259. The largest absolute Gasteiger partial charge is 0.462 e. The average molecular weight is 860 g/mol. The molecule has 4 aliphatic rings. The smallest absolute Gasteiger partial charge is 0.309 e. The Bertz CT molecular complexity index is 2560. The highest BCUT2D eigenvalue weighted by Crippen LogP contribution is 2.54. The van der Waals surface area contributed by atoms with Crippen LogP contribution in [-0.2, 0) is 19.1 Å². The third kappa shape index (κ3) is 8.50. The minimum atomic E-state index is -2.92. The molecule has 0 unspecified atom stereocenters. The quantitative estimate of drug-likeness (QED) is 0.124. The zero-order valence-corrected chi connectivity index (χ0v) is 34.9. The Morgan fingerprint density at radius 3 is 1.62 bits per heavy atom. The van der Waals surface area contributed by atoms with Gasteiger partial charge in [-0.3, -0.25) is 19.6 Å². The van der Waals surface area contributed by atoms with Crippen molar-refractivity contribution in [3.8, 4) is 39.7 Å². The van der Waals surface area contributed by atoms with Crippen LogP contribution in [0, 0.1) is 58.7 Å². The van der Waals surface area contributed by atoms with Crippen molar-refractivity contribution in [3.63, 3.8) is 0 Å². The number of hydrogen-bond acceptors (Lipinski definition) is 10. The molecule has 0 amide bonds. The number of allylic oxidation sites excluding steroid dienone is 2. The molecular weight excluding hydrogens is 815 g/mol. The van der Waals surface area contributed by atoms with Crippen molar-refractivity contribution < 1.29 is 36.6 Å². The molecule has 0 radical (unpaired) electrons. The number of fused-ring (bicyclic) bond motifs is 2. The van der Waals surface area contributed by atoms with Gasteiger partial charge in [-0.2, -0.15) is 10.5 Å². The van der Waals surface area contributed by atoms with Gasteiger partial charge in [0.05, 0.1) is 34.9 Å². The van der Waals surface area contributed by atoms with Crippen LogP contribution < -0.4 is 0 Å². The Kier molecular flexibility index (Phi) is 11.8. The number of aromatic amines is 1. The molecule has 3 aromatic heterocycles. The summed E-state index contributed by atoms with van der Waals surface area (Å²) in [6.45, 7) is 6.65. The van der Waals surface area contributed by atoms with E-state index in [-0.39, 0.29) is 24.0 Å². The van der Waals surface area contributed by atoms with Gasteiger partial charge in [0.15, 0.2) is 0 Å². The van der Waals surface area contributed by atoms with Crippen LogP contribution in [-0.4, -0.2) is 66.6 Å². The fourth-order valence-electron chi connectivity index (χ4n) is 9.83. The van der Waals surface area contributed by atoms with Crippen molar-refractivity contribution in [1.82, 2.24) is 30.6 Å². The number of aromatic nitrogens is 6. The standard InChI is InChI=1S/C24H23F2N5O2.C24H22F2N2O2/c1-13-17(21-14(2)33-23(32)20(21)11-24(13,25)26)10-9-16-8-7-15(12-27-16)18-5-3-4-6-19(18)22-28-30-31-29-22;1-14-19(22-15(2)30-23(29)21(22)11-24(14,25)26)10-9-18-8-7-17(13-28-18)20-6-4-3-5-16(20)12-27/h3-10,12-14,17,20-21H,11H2,1-2H3,(H,28,29,30,31);3-10,13-15,19,21-22H,11H2,1-2H3/b2*10-9+/t13-,14+,17-,20+,21-;14-,15+,19-,21+,22-/m00/s1. The Hall–Kier alpha value is -6.56. The number of pyridine rings is 2. The van der Waals surface area contributed by atoms with Gasteiger partial charge in [-0.25, -0.2) is 17.6 Å². The number of cyclic esters (lactones) is 2. The molecule has 2 aliphatic heterocycles. The van der Waals surface area contributed by atoms with E-state index in [2.05, 4.69) is 36.7 Å². The van der Waals surface area contributed by atoms with Gasteiger partial charge < -0.3 is 9.47 Å². The number of alkyl halides is 4. The third-order valence-electron chi connectivity index (χ3n) is 13.3. The molecule has 0 spiro atoms. The highest BCUT2D eigenvalue weighted by molar-refractivity contribution is 5.80. The summed E-state index contributed by atoms with van der Waals surface area (Å²) in [6, 6.07) is 24.5. The number of halogens is 4. The number of esters is 2. The van der Waals surface area contributed by atoms with E-state index in [1.165, 1.54) is 6.92 Å². The molecule has 10 atom stereocenters.